The molecule has 108 valence electrons. The molecule has 3 heterocycles. The van der Waals surface area contributed by atoms with Gasteiger partial charge >= 0.3 is 0 Å². The van der Waals surface area contributed by atoms with E-state index in [1.165, 1.54) is 6.42 Å². The fourth-order valence-electron chi connectivity index (χ4n) is 2.80. The minimum Gasteiger partial charge on any atom is -0.376 e. The van der Waals surface area contributed by atoms with Crippen LogP contribution < -0.4 is 0 Å². The molecule has 1 unspecified atom stereocenters. The molecule has 0 radical (unpaired) electrons. The second kappa shape index (κ2) is 5.17. The van der Waals surface area contributed by atoms with Crippen molar-refractivity contribution in [1.29, 1.82) is 0 Å². The summed E-state index contributed by atoms with van der Waals surface area (Å²) in [6.45, 7) is 8.50. The summed E-state index contributed by atoms with van der Waals surface area (Å²) in [5.41, 5.74) is 2.20. The Morgan fingerprint density at radius 3 is 2.95 bits per heavy atom. The Labute approximate surface area is 120 Å². The standard InChI is InChI=1S/C16H23N3O/c1-16(2,3)10-14-18-13-7-4-8-17-15(13)19(14)11-12-6-5-9-20-12/h4,7-8,12H,5-6,9-11H2,1-3H3. The van der Waals surface area contributed by atoms with Crippen molar-refractivity contribution in [3.63, 3.8) is 0 Å². The molecule has 1 saturated heterocycles. The number of imidazole rings is 1. The zero-order chi connectivity index (χ0) is 14.2. The van der Waals surface area contributed by atoms with Crippen LogP contribution in [0.15, 0.2) is 18.3 Å². The number of rotatable bonds is 3. The number of ether oxygens (including phenoxy) is 1. The van der Waals surface area contributed by atoms with E-state index in [4.69, 9.17) is 9.72 Å². The number of pyridine rings is 1. The van der Waals surface area contributed by atoms with Gasteiger partial charge in [0.1, 0.15) is 11.3 Å². The molecule has 4 heteroatoms. The lowest BCUT2D eigenvalue weighted by atomic mass is 9.92. The van der Waals surface area contributed by atoms with E-state index >= 15 is 0 Å². The second-order valence-electron chi connectivity index (χ2n) is 6.86. The van der Waals surface area contributed by atoms with Gasteiger partial charge in [0.05, 0.1) is 12.6 Å². The maximum Gasteiger partial charge on any atom is 0.160 e. The maximum absolute atomic E-state index is 5.78. The van der Waals surface area contributed by atoms with E-state index in [-0.39, 0.29) is 5.41 Å². The van der Waals surface area contributed by atoms with Crippen molar-refractivity contribution < 1.29 is 4.74 Å². The Balaban J connectivity index is 1.98. The predicted octanol–water partition coefficient (Wildman–Crippen LogP) is 3.20. The first-order valence-electron chi connectivity index (χ1n) is 7.45. The highest BCUT2D eigenvalue weighted by atomic mass is 16.5. The molecule has 1 fully saturated rings. The first-order valence-corrected chi connectivity index (χ1v) is 7.45. The van der Waals surface area contributed by atoms with E-state index in [0.29, 0.717) is 6.10 Å². The van der Waals surface area contributed by atoms with Gasteiger partial charge in [0, 0.05) is 19.2 Å². The van der Waals surface area contributed by atoms with Crippen LogP contribution in [0.25, 0.3) is 11.2 Å². The SMILES string of the molecule is CC(C)(C)Cc1nc2cccnc2n1CC1CCCO1. The highest BCUT2D eigenvalue weighted by Crippen LogP contribution is 2.25. The monoisotopic (exact) mass is 273 g/mol. The average molecular weight is 273 g/mol. The minimum atomic E-state index is 0.218. The van der Waals surface area contributed by atoms with Crippen LogP contribution in [-0.2, 0) is 17.7 Å². The van der Waals surface area contributed by atoms with E-state index in [1.54, 1.807) is 0 Å². The fraction of sp³-hybridized carbons (Fsp3) is 0.625. The Morgan fingerprint density at radius 2 is 2.25 bits per heavy atom. The number of aromatic nitrogens is 3. The molecule has 0 bridgehead atoms. The van der Waals surface area contributed by atoms with Crippen LogP contribution in [0.1, 0.15) is 39.4 Å². The topological polar surface area (TPSA) is 39.9 Å². The molecule has 4 nitrogen and oxygen atoms in total. The van der Waals surface area contributed by atoms with Crippen LogP contribution in [0.4, 0.5) is 0 Å². The molecular formula is C16H23N3O. The van der Waals surface area contributed by atoms with Crippen molar-refractivity contribution in [2.24, 2.45) is 5.41 Å². The molecule has 0 aliphatic carbocycles. The zero-order valence-electron chi connectivity index (χ0n) is 12.6. The fourth-order valence-corrected chi connectivity index (χ4v) is 2.80. The van der Waals surface area contributed by atoms with Crippen LogP contribution in [0, 0.1) is 5.41 Å². The van der Waals surface area contributed by atoms with Gasteiger partial charge in [-0.25, -0.2) is 9.97 Å². The van der Waals surface area contributed by atoms with E-state index in [0.717, 1.165) is 43.0 Å². The molecule has 1 atom stereocenters. The average Bonchev–Trinajstić information content (AvgIpc) is 2.97. The Morgan fingerprint density at radius 1 is 1.40 bits per heavy atom. The Kier molecular flexibility index (Phi) is 3.50. The van der Waals surface area contributed by atoms with Crippen LogP contribution in [0.5, 0.6) is 0 Å². The molecule has 0 aromatic carbocycles. The molecular weight excluding hydrogens is 250 g/mol. The molecule has 0 saturated carbocycles. The van der Waals surface area contributed by atoms with Crippen LogP contribution in [0.2, 0.25) is 0 Å². The maximum atomic E-state index is 5.78. The van der Waals surface area contributed by atoms with Crippen LogP contribution >= 0.6 is 0 Å². The van der Waals surface area contributed by atoms with Gasteiger partial charge in [-0.1, -0.05) is 20.8 Å². The summed E-state index contributed by atoms with van der Waals surface area (Å²) in [4.78, 5) is 9.30. The Hall–Kier alpha value is -1.42. The van der Waals surface area contributed by atoms with Crippen LogP contribution in [0.3, 0.4) is 0 Å². The highest BCUT2D eigenvalue weighted by Gasteiger charge is 2.22. The molecule has 20 heavy (non-hydrogen) atoms. The minimum absolute atomic E-state index is 0.218. The van der Waals surface area contributed by atoms with Gasteiger partial charge in [0.2, 0.25) is 0 Å². The van der Waals surface area contributed by atoms with E-state index < -0.39 is 0 Å². The summed E-state index contributed by atoms with van der Waals surface area (Å²) in [6.07, 6.45) is 5.42. The van der Waals surface area contributed by atoms with Gasteiger partial charge < -0.3 is 9.30 Å². The predicted molar refractivity (Wildman–Crippen MR) is 79.7 cm³/mol. The van der Waals surface area contributed by atoms with E-state index in [2.05, 4.69) is 30.3 Å². The zero-order valence-corrected chi connectivity index (χ0v) is 12.6. The van der Waals surface area contributed by atoms with Crippen molar-refractivity contribution in [2.45, 2.75) is 52.7 Å². The van der Waals surface area contributed by atoms with Crippen LogP contribution in [-0.4, -0.2) is 27.2 Å². The summed E-state index contributed by atoms with van der Waals surface area (Å²) in [7, 11) is 0. The lowest BCUT2D eigenvalue weighted by Crippen LogP contribution is -2.20. The summed E-state index contributed by atoms with van der Waals surface area (Å²) >= 11 is 0. The molecule has 1 aliphatic rings. The third kappa shape index (κ3) is 2.85. The van der Waals surface area contributed by atoms with Gasteiger partial charge in [-0.3, -0.25) is 0 Å². The van der Waals surface area contributed by atoms with E-state index in [1.807, 2.05) is 18.3 Å². The van der Waals surface area contributed by atoms with E-state index in [9.17, 15) is 0 Å². The van der Waals surface area contributed by atoms with Crippen molar-refractivity contribution in [3.05, 3.63) is 24.2 Å². The number of nitrogens with zero attached hydrogens (tertiary/aromatic N) is 3. The largest absolute Gasteiger partial charge is 0.376 e. The summed E-state index contributed by atoms with van der Waals surface area (Å²) in [5, 5.41) is 0. The lowest BCUT2D eigenvalue weighted by molar-refractivity contribution is 0.0967. The lowest BCUT2D eigenvalue weighted by Gasteiger charge is -2.20. The van der Waals surface area contributed by atoms with Gasteiger partial charge in [-0.05, 0) is 30.4 Å². The van der Waals surface area contributed by atoms with Gasteiger partial charge in [0.15, 0.2) is 5.65 Å². The summed E-state index contributed by atoms with van der Waals surface area (Å²) < 4.78 is 8.04. The second-order valence-corrected chi connectivity index (χ2v) is 6.86. The molecule has 0 spiro atoms. The summed E-state index contributed by atoms with van der Waals surface area (Å²) in [6, 6.07) is 3.99. The van der Waals surface area contributed by atoms with Gasteiger partial charge in [-0.15, -0.1) is 0 Å². The molecule has 3 rings (SSSR count). The molecule has 1 aliphatic heterocycles. The third-order valence-corrected chi connectivity index (χ3v) is 3.68. The van der Waals surface area contributed by atoms with Crippen molar-refractivity contribution in [3.8, 4) is 0 Å². The van der Waals surface area contributed by atoms with Crippen molar-refractivity contribution in [2.75, 3.05) is 6.61 Å². The number of hydrogen-bond acceptors (Lipinski definition) is 3. The summed E-state index contributed by atoms with van der Waals surface area (Å²) in [5.74, 6) is 1.13. The van der Waals surface area contributed by atoms with Gasteiger partial charge in [-0.2, -0.15) is 0 Å². The highest BCUT2D eigenvalue weighted by molar-refractivity contribution is 5.71. The Bertz CT molecular complexity index is 591. The number of fused-ring (bicyclic) bond motifs is 1. The third-order valence-electron chi connectivity index (χ3n) is 3.68. The molecule has 0 N–H and O–H groups in total. The van der Waals surface area contributed by atoms with Gasteiger partial charge in [0.25, 0.3) is 0 Å². The smallest absolute Gasteiger partial charge is 0.160 e. The quantitative estimate of drug-likeness (QED) is 0.862. The van der Waals surface area contributed by atoms with Crippen molar-refractivity contribution in [1.82, 2.24) is 14.5 Å². The molecule has 2 aromatic heterocycles. The first kappa shape index (κ1) is 13.6. The molecule has 0 amide bonds. The van der Waals surface area contributed by atoms with Crippen molar-refractivity contribution >= 4 is 11.2 Å². The molecule has 2 aromatic rings. The number of hydrogen-bond donors (Lipinski definition) is 0. The first-order chi connectivity index (χ1) is 9.53. The normalized spacial score (nSPS) is 19.9.